The van der Waals surface area contributed by atoms with Crippen molar-refractivity contribution in [3.05, 3.63) is 16.1 Å². The molecule has 3 nitrogen and oxygen atoms in total. The van der Waals surface area contributed by atoms with Crippen LogP contribution in [0.4, 0.5) is 0 Å². The van der Waals surface area contributed by atoms with Gasteiger partial charge in [0.1, 0.15) is 5.01 Å². The van der Waals surface area contributed by atoms with Crippen LogP contribution in [0.5, 0.6) is 0 Å². The van der Waals surface area contributed by atoms with Gasteiger partial charge >= 0.3 is 0 Å². The minimum atomic E-state index is 0.251. The Morgan fingerprint density at radius 2 is 2.24 bits per heavy atom. The number of aliphatic imine (C=N–C) groups is 1. The van der Waals surface area contributed by atoms with Crippen LogP contribution in [0.3, 0.4) is 0 Å². The molecule has 94 valence electrons. The molecule has 0 aliphatic carbocycles. The molecule has 2 heterocycles. The van der Waals surface area contributed by atoms with Crippen molar-refractivity contribution in [2.45, 2.75) is 39.8 Å². The first-order valence-corrected chi connectivity index (χ1v) is 7.82. The summed E-state index contributed by atoms with van der Waals surface area (Å²) in [6.07, 6.45) is 0. The number of rotatable bonds is 2. The zero-order valence-corrected chi connectivity index (χ0v) is 12.4. The van der Waals surface area contributed by atoms with Crippen molar-refractivity contribution in [2.24, 2.45) is 10.9 Å². The summed E-state index contributed by atoms with van der Waals surface area (Å²) in [5, 5.41) is 7.75. The largest absolute Gasteiger partial charge is 0.356 e. The first-order valence-electron chi connectivity index (χ1n) is 5.95. The monoisotopic (exact) mass is 269 g/mol. The molecule has 0 aromatic carbocycles. The molecule has 1 N–H and O–H groups in total. The van der Waals surface area contributed by atoms with Gasteiger partial charge in [0, 0.05) is 16.8 Å². The van der Waals surface area contributed by atoms with E-state index < -0.39 is 0 Å². The van der Waals surface area contributed by atoms with Crippen molar-refractivity contribution in [3.63, 3.8) is 0 Å². The van der Waals surface area contributed by atoms with Crippen molar-refractivity contribution < 1.29 is 0 Å². The number of hydrogen-bond acceptors (Lipinski definition) is 5. The van der Waals surface area contributed by atoms with Crippen molar-refractivity contribution in [3.8, 4) is 0 Å². The molecule has 17 heavy (non-hydrogen) atoms. The molecular weight excluding hydrogens is 250 g/mol. The molecular formula is C12H19N3S2. The van der Waals surface area contributed by atoms with Gasteiger partial charge in [0.05, 0.1) is 12.1 Å². The van der Waals surface area contributed by atoms with Crippen LogP contribution in [0, 0.1) is 12.8 Å². The molecule has 0 bridgehead atoms. The third-order valence-corrected chi connectivity index (χ3v) is 5.31. The lowest BCUT2D eigenvalue weighted by atomic mass is 10.1. The highest BCUT2D eigenvalue weighted by atomic mass is 32.2. The summed E-state index contributed by atoms with van der Waals surface area (Å²) >= 11 is 3.53. The number of nitrogens with one attached hydrogen (secondary N) is 1. The minimum Gasteiger partial charge on any atom is -0.356 e. The Hall–Kier alpha value is -0.550. The molecule has 1 aromatic heterocycles. The first kappa shape index (κ1) is 12.9. The fourth-order valence-electron chi connectivity index (χ4n) is 1.60. The molecule has 1 aromatic rings. The summed E-state index contributed by atoms with van der Waals surface area (Å²) in [4.78, 5) is 9.18. The maximum atomic E-state index is 4.68. The van der Waals surface area contributed by atoms with Crippen molar-refractivity contribution in [1.29, 1.82) is 0 Å². The van der Waals surface area contributed by atoms with Gasteiger partial charge in [-0.15, -0.1) is 11.3 Å². The number of hydrogen-bond donors (Lipinski definition) is 1. The molecule has 0 amide bonds. The number of thiazole rings is 1. The van der Waals surface area contributed by atoms with E-state index in [9.17, 15) is 0 Å². The van der Waals surface area contributed by atoms with Gasteiger partial charge in [0.25, 0.3) is 0 Å². The molecule has 0 saturated heterocycles. The molecule has 0 spiro atoms. The predicted molar refractivity (Wildman–Crippen MR) is 76.9 cm³/mol. The van der Waals surface area contributed by atoms with Gasteiger partial charge in [-0.3, -0.25) is 4.99 Å². The van der Waals surface area contributed by atoms with Gasteiger partial charge < -0.3 is 5.32 Å². The van der Waals surface area contributed by atoms with Gasteiger partial charge in [-0.2, -0.15) is 0 Å². The molecule has 0 fully saturated rings. The molecule has 0 saturated carbocycles. The van der Waals surface area contributed by atoms with Crippen LogP contribution in [-0.4, -0.2) is 21.9 Å². The highest BCUT2D eigenvalue weighted by Crippen LogP contribution is 2.24. The molecule has 1 aliphatic heterocycles. The van der Waals surface area contributed by atoms with Crippen LogP contribution >= 0.6 is 23.1 Å². The van der Waals surface area contributed by atoms with E-state index in [2.05, 4.69) is 41.4 Å². The van der Waals surface area contributed by atoms with E-state index in [1.165, 1.54) is 0 Å². The molecule has 3 atom stereocenters. The fourth-order valence-corrected chi connectivity index (χ4v) is 3.60. The smallest absolute Gasteiger partial charge is 0.157 e. The summed E-state index contributed by atoms with van der Waals surface area (Å²) in [6.45, 7) is 8.61. The Bertz CT molecular complexity index is 414. The van der Waals surface area contributed by atoms with E-state index in [1.807, 2.05) is 18.7 Å². The summed E-state index contributed by atoms with van der Waals surface area (Å²) in [5.74, 6) is 1.82. The number of nitrogens with zero attached hydrogens (tertiary/aromatic N) is 2. The quantitative estimate of drug-likeness (QED) is 0.895. The number of thioether (sulfide) groups is 1. The van der Waals surface area contributed by atoms with Crippen molar-refractivity contribution in [2.75, 3.05) is 5.75 Å². The standard InChI is InChI=1S/C12H19N3S2/c1-7-5-17-12(14-9(7)3)15-10(4)11-13-8(2)6-16-11/h6-7,9-10H,5H2,1-4H3,(H,14,15). The predicted octanol–water partition coefficient (Wildman–Crippen LogP) is 3.23. The second-order valence-electron chi connectivity index (χ2n) is 4.66. The SMILES string of the molecule is Cc1csc(C(C)NC2=NC(C)C(C)CS2)n1. The molecule has 2 rings (SSSR count). The number of aryl methyl sites for hydroxylation is 1. The lowest BCUT2D eigenvalue weighted by molar-refractivity contribution is 0.532. The second kappa shape index (κ2) is 5.40. The first-order chi connectivity index (χ1) is 8.06. The summed E-state index contributed by atoms with van der Waals surface area (Å²) in [6, 6.07) is 0.671. The lowest BCUT2D eigenvalue weighted by Crippen LogP contribution is -2.31. The van der Waals surface area contributed by atoms with E-state index >= 15 is 0 Å². The van der Waals surface area contributed by atoms with Gasteiger partial charge in [-0.05, 0) is 26.7 Å². The number of aromatic nitrogens is 1. The maximum absolute atomic E-state index is 4.68. The Labute approximate surface area is 111 Å². The maximum Gasteiger partial charge on any atom is 0.157 e. The zero-order valence-electron chi connectivity index (χ0n) is 10.7. The van der Waals surface area contributed by atoms with E-state index in [0.29, 0.717) is 12.0 Å². The molecule has 3 unspecified atom stereocenters. The van der Waals surface area contributed by atoms with Gasteiger partial charge in [-0.1, -0.05) is 18.7 Å². The van der Waals surface area contributed by atoms with E-state index in [-0.39, 0.29) is 6.04 Å². The lowest BCUT2D eigenvalue weighted by Gasteiger charge is -2.25. The summed E-state index contributed by atoms with van der Waals surface area (Å²) < 4.78 is 0. The van der Waals surface area contributed by atoms with Crippen LogP contribution in [0.1, 0.15) is 37.5 Å². The summed E-state index contributed by atoms with van der Waals surface area (Å²) in [7, 11) is 0. The van der Waals surface area contributed by atoms with Crippen LogP contribution in [0.15, 0.2) is 10.4 Å². The Morgan fingerprint density at radius 3 is 2.82 bits per heavy atom. The second-order valence-corrected chi connectivity index (χ2v) is 6.55. The average molecular weight is 269 g/mol. The van der Waals surface area contributed by atoms with E-state index in [1.54, 1.807) is 11.3 Å². The third kappa shape index (κ3) is 3.22. The number of amidine groups is 1. The molecule has 1 aliphatic rings. The Balaban J connectivity index is 1.99. The summed E-state index contributed by atoms with van der Waals surface area (Å²) in [5.41, 5.74) is 1.10. The topological polar surface area (TPSA) is 37.3 Å². The Kier molecular flexibility index (Phi) is 4.09. The third-order valence-electron chi connectivity index (χ3n) is 2.97. The molecule has 5 heteroatoms. The highest BCUT2D eigenvalue weighted by molar-refractivity contribution is 8.13. The highest BCUT2D eigenvalue weighted by Gasteiger charge is 2.21. The zero-order chi connectivity index (χ0) is 12.4. The minimum absolute atomic E-state index is 0.251. The van der Waals surface area contributed by atoms with E-state index in [0.717, 1.165) is 21.6 Å². The normalized spacial score (nSPS) is 26.5. The van der Waals surface area contributed by atoms with Crippen LogP contribution in [0.2, 0.25) is 0 Å². The fraction of sp³-hybridized carbons (Fsp3) is 0.667. The van der Waals surface area contributed by atoms with Crippen LogP contribution in [0.25, 0.3) is 0 Å². The van der Waals surface area contributed by atoms with Crippen molar-refractivity contribution >= 4 is 28.3 Å². The molecule has 0 radical (unpaired) electrons. The van der Waals surface area contributed by atoms with E-state index in [4.69, 9.17) is 0 Å². The van der Waals surface area contributed by atoms with Gasteiger partial charge in [-0.25, -0.2) is 4.98 Å². The van der Waals surface area contributed by atoms with Gasteiger partial charge in [0.15, 0.2) is 5.17 Å². The van der Waals surface area contributed by atoms with Crippen LogP contribution in [-0.2, 0) is 0 Å². The van der Waals surface area contributed by atoms with Crippen LogP contribution < -0.4 is 5.32 Å². The average Bonchev–Trinajstić information content (AvgIpc) is 2.70. The van der Waals surface area contributed by atoms with Crippen molar-refractivity contribution in [1.82, 2.24) is 10.3 Å². The Morgan fingerprint density at radius 1 is 1.47 bits per heavy atom. The van der Waals surface area contributed by atoms with Gasteiger partial charge in [0.2, 0.25) is 0 Å².